The number of nitrogens with zero attached hydrogens (tertiary/aromatic N) is 1. The fourth-order valence-electron chi connectivity index (χ4n) is 3.22. The summed E-state index contributed by atoms with van der Waals surface area (Å²) in [6.45, 7) is 2.00. The molecule has 8 nitrogen and oxygen atoms in total. The summed E-state index contributed by atoms with van der Waals surface area (Å²) in [6.07, 6.45) is 3.66. The number of hydrogen-bond acceptors (Lipinski definition) is 6. The van der Waals surface area contributed by atoms with Crippen LogP contribution in [0.25, 0.3) is 0 Å². The third kappa shape index (κ3) is 3.78. The lowest BCUT2D eigenvalue weighted by atomic mass is 9.97. The fourth-order valence-corrected chi connectivity index (χ4v) is 4.04. The Hall–Kier alpha value is -1.47. The first-order chi connectivity index (χ1) is 11.3. The van der Waals surface area contributed by atoms with E-state index in [1.807, 2.05) is 6.92 Å². The van der Waals surface area contributed by atoms with E-state index in [2.05, 4.69) is 4.98 Å². The average molecular weight is 358 g/mol. The van der Waals surface area contributed by atoms with Gasteiger partial charge in [-0.1, -0.05) is 13.0 Å². The Balaban J connectivity index is 2.30. The molecule has 0 amide bonds. The maximum absolute atomic E-state index is 12.2. The van der Waals surface area contributed by atoms with Gasteiger partial charge < -0.3 is 13.8 Å². The van der Waals surface area contributed by atoms with Crippen LogP contribution < -0.4 is 11.2 Å². The van der Waals surface area contributed by atoms with E-state index in [-0.39, 0.29) is 24.0 Å². The van der Waals surface area contributed by atoms with Gasteiger partial charge in [0, 0.05) is 39.4 Å². The molecule has 0 spiro atoms. The maximum Gasteiger partial charge on any atom is 0.353 e. The number of aromatic amines is 1. The summed E-state index contributed by atoms with van der Waals surface area (Å²) in [4.78, 5) is 25.6. The Labute approximate surface area is 140 Å². The van der Waals surface area contributed by atoms with Gasteiger partial charge >= 0.3 is 13.3 Å². The second-order valence-electron chi connectivity index (χ2n) is 5.79. The van der Waals surface area contributed by atoms with Crippen molar-refractivity contribution in [3.63, 3.8) is 0 Å². The molecule has 0 aromatic carbocycles. The molecule has 1 aromatic heterocycles. The molecule has 4 atom stereocenters. The molecule has 1 aliphatic carbocycles. The van der Waals surface area contributed by atoms with Gasteiger partial charge in [0.1, 0.15) is 0 Å². The lowest BCUT2D eigenvalue weighted by Crippen LogP contribution is -2.36. The van der Waals surface area contributed by atoms with Crippen LogP contribution in [0, 0.1) is 11.8 Å². The summed E-state index contributed by atoms with van der Waals surface area (Å²) in [5.41, 5.74) is -0.903. The molecular weight excluding hydrogens is 335 g/mol. The number of nitrogens with one attached hydrogen (secondary N) is 1. The summed E-state index contributed by atoms with van der Waals surface area (Å²) < 4.78 is 29.0. The largest absolute Gasteiger partial charge is 0.379 e. The predicted molar refractivity (Wildman–Crippen MR) is 89.2 cm³/mol. The van der Waals surface area contributed by atoms with Crippen molar-refractivity contribution < 1.29 is 18.3 Å². The molecule has 24 heavy (non-hydrogen) atoms. The van der Waals surface area contributed by atoms with Crippen LogP contribution in [0.2, 0.25) is 0 Å². The number of allylic oxidation sites excluding steroid dienone is 1. The van der Waals surface area contributed by atoms with Gasteiger partial charge in [0.2, 0.25) is 0 Å². The van der Waals surface area contributed by atoms with E-state index in [1.54, 1.807) is 13.2 Å². The Morgan fingerprint density at radius 2 is 1.96 bits per heavy atom. The van der Waals surface area contributed by atoms with Crippen LogP contribution in [0.5, 0.6) is 0 Å². The van der Waals surface area contributed by atoms with Crippen molar-refractivity contribution in [2.24, 2.45) is 11.8 Å². The highest BCUT2D eigenvalue weighted by Crippen LogP contribution is 2.50. The smallest absolute Gasteiger partial charge is 0.353 e. The summed E-state index contributed by atoms with van der Waals surface area (Å²) in [7, 11) is 1.01. The summed E-state index contributed by atoms with van der Waals surface area (Å²) in [5, 5.41) is 0. The molecule has 0 saturated heterocycles. The number of H-pyrrole nitrogens is 1. The van der Waals surface area contributed by atoms with Crippen molar-refractivity contribution in [3.05, 3.63) is 45.0 Å². The van der Waals surface area contributed by atoms with Crippen LogP contribution in [0.1, 0.15) is 19.4 Å². The molecule has 0 radical (unpaired) electrons. The molecule has 1 N–H and O–H groups in total. The van der Waals surface area contributed by atoms with E-state index >= 15 is 0 Å². The highest BCUT2D eigenvalue weighted by Gasteiger charge is 2.41. The van der Waals surface area contributed by atoms with Crippen molar-refractivity contribution in [2.45, 2.75) is 25.5 Å². The maximum atomic E-state index is 12.2. The average Bonchev–Trinajstić information content (AvgIpc) is 2.88. The lowest BCUT2D eigenvalue weighted by Gasteiger charge is -2.23. The molecule has 9 heteroatoms. The summed E-state index contributed by atoms with van der Waals surface area (Å²) in [5.74, 6) is 1.55. The lowest BCUT2D eigenvalue weighted by molar-refractivity contribution is 0.0425. The molecule has 2 rings (SSSR count). The van der Waals surface area contributed by atoms with Crippen LogP contribution in [-0.2, 0) is 18.3 Å². The molecule has 0 bridgehead atoms. The first-order valence-corrected chi connectivity index (χ1v) is 9.21. The molecule has 134 valence electrons. The van der Waals surface area contributed by atoms with Crippen molar-refractivity contribution in [3.8, 4) is 0 Å². The first kappa shape index (κ1) is 18.9. The Bertz CT molecular complexity index is 747. The van der Waals surface area contributed by atoms with E-state index in [4.69, 9.17) is 13.8 Å². The van der Waals surface area contributed by atoms with Gasteiger partial charge in [-0.2, -0.15) is 0 Å². The second kappa shape index (κ2) is 7.61. The number of ether oxygens (including phenoxy) is 1. The van der Waals surface area contributed by atoms with Crippen LogP contribution in [0.4, 0.5) is 0 Å². The van der Waals surface area contributed by atoms with Crippen LogP contribution in [0.3, 0.4) is 0 Å². The Morgan fingerprint density at radius 3 is 2.50 bits per heavy atom. The third-order valence-corrected chi connectivity index (χ3v) is 6.15. The van der Waals surface area contributed by atoms with Crippen LogP contribution >= 0.6 is 7.60 Å². The molecule has 1 fully saturated rings. The normalized spacial score (nSPS) is 27.8. The van der Waals surface area contributed by atoms with E-state index in [0.29, 0.717) is 6.42 Å². The zero-order valence-corrected chi connectivity index (χ0v) is 15.1. The van der Waals surface area contributed by atoms with Gasteiger partial charge in [0.15, 0.2) is 0 Å². The monoisotopic (exact) mass is 358 g/mol. The van der Waals surface area contributed by atoms with Gasteiger partial charge in [-0.15, -0.1) is 0 Å². The summed E-state index contributed by atoms with van der Waals surface area (Å²) >= 11 is 0. The van der Waals surface area contributed by atoms with Gasteiger partial charge in [-0.3, -0.25) is 18.9 Å². The summed E-state index contributed by atoms with van der Waals surface area (Å²) in [6, 6.07) is 1.08. The van der Waals surface area contributed by atoms with E-state index < -0.39 is 18.8 Å². The highest BCUT2D eigenvalue weighted by atomic mass is 31.2. The predicted octanol–water partition coefficient (Wildman–Crippen LogP) is 1.75. The minimum absolute atomic E-state index is 0.0254. The first-order valence-electron chi connectivity index (χ1n) is 7.60. The van der Waals surface area contributed by atoms with Crippen molar-refractivity contribution in [2.75, 3.05) is 21.3 Å². The molecular formula is C15H23N2O6P. The minimum atomic E-state index is -3.23. The van der Waals surface area contributed by atoms with E-state index in [0.717, 1.165) is 0 Å². The van der Waals surface area contributed by atoms with Crippen molar-refractivity contribution >= 4 is 7.60 Å². The number of rotatable bonds is 6. The van der Waals surface area contributed by atoms with Gasteiger partial charge in [-0.25, -0.2) is 4.79 Å². The molecule has 1 aromatic rings. The highest BCUT2D eigenvalue weighted by molar-refractivity contribution is 7.57. The molecule has 1 heterocycles. The molecule has 1 saturated carbocycles. The quantitative estimate of drug-likeness (QED) is 0.778. The zero-order chi connectivity index (χ0) is 17.9. The number of hydrogen-bond donors (Lipinski definition) is 1. The second-order valence-corrected chi connectivity index (χ2v) is 7.90. The van der Waals surface area contributed by atoms with E-state index in [1.165, 1.54) is 36.9 Å². The Kier molecular flexibility index (Phi) is 5.98. The van der Waals surface area contributed by atoms with Crippen molar-refractivity contribution in [1.82, 2.24) is 9.55 Å². The molecule has 0 aliphatic heterocycles. The third-order valence-electron chi connectivity index (χ3n) is 4.59. The number of methoxy groups -OCH3 is 1. The van der Waals surface area contributed by atoms with Crippen LogP contribution in [-0.4, -0.2) is 37.0 Å². The van der Waals surface area contributed by atoms with Crippen LogP contribution in [0.15, 0.2) is 33.7 Å². The number of aromatic nitrogens is 2. The molecule has 1 aliphatic rings. The minimum Gasteiger partial charge on any atom is -0.379 e. The van der Waals surface area contributed by atoms with E-state index in [9.17, 15) is 14.2 Å². The fraction of sp³-hybridized carbons (Fsp3) is 0.600. The van der Waals surface area contributed by atoms with Gasteiger partial charge in [0.05, 0.1) is 12.1 Å². The molecule has 0 unspecified atom stereocenters. The standard InChI is InChI=1S/C15H23N2O6P/c1-10-11(6-8-24(20,22-3)23-4)9-12(14(10)21-2)17-7-5-13(18)16-15(17)19/h5-8,10-12,14H,9H2,1-4H3,(H,16,18,19)/b8-6+/t10-,11+,12-,14-/m1/s1. The Morgan fingerprint density at radius 1 is 1.29 bits per heavy atom. The van der Waals surface area contributed by atoms with Gasteiger partial charge in [-0.05, 0) is 18.3 Å². The topological polar surface area (TPSA) is 99.6 Å². The zero-order valence-electron chi connectivity index (χ0n) is 14.2. The van der Waals surface area contributed by atoms with Gasteiger partial charge in [0.25, 0.3) is 5.56 Å². The van der Waals surface area contributed by atoms with Crippen molar-refractivity contribution in [1.29, 1.82) is 0 Å². The SMILES string of the molecule is CO[C@@H]1[C@H](C)[C@@H](/C=C/P(=O)(OC)OC)C[C@H]1n1ccc(=O)[nH]c1=O.